The molecule has 0 fully saturated rings. The van der Waals surface area contributed by atoms with Crippen LogP contribution in [0.4, 0.5) is 5.13 Å². The quantitative estimate of drug-likeness (QED) is 0.550. The van der Waals surface area contributed by atoms with Crippen LogP contribution in [0.15, 0.2) is 55.1 Å². The molecule has 2 amide bonds. The minimum atomic E-state index is -0.346. The Morgan fingerprint density at radius 3 is 2.93 bits per heavy atom. The van der Waals surface area contributed by atoms with Crippen molar-refractivity contribution in [3.8, 4) is 0 Å². The first-order valence-electron chi connectivity index (χ1n) is 9.55. The van der Waals surface area contributed by atoms with Gasteiger partial charge in [0.1, 0.15) is 12.2 Å². The molecule has 0 radical (unpaired) electrons. The minimum Gasteiger partial charge on any atom is -0.338 e. The van der Waals surface area contributed by atoms with Crippen LogP contribution in [0, 0.1) is 0 Å². The maximum atomic E-state index is 12.9. The van der Waals surface area contributed by atoms with Gasteiger partial charge in [-0.25, -0.2) is 9.97 Å². The van der Waals surface area contributed by atoms with Crippen molar-refractivity contribution in [2.24, 2.45) is 0 Å². The molecule has 4 aromatic rings. The molecule has 0 spiro atoms. The normalized spacial score (nSPS) is 13.3. The van der Waals surface area contributed by atoms with E-state index in [1.807, 2.05) is 46.0 Å². The van der Waals surface area contributed by atoms with Crippen molar-refractivity contribution in [1.29, 1.82) is 0 Å². The molecular weight excluding hydrogens is 400 g/mol. The molecule has 0 saturated heterocycles. The zero-order valence-corrected chi connectivity index (χ0v) is 16.8. The number of hydrogen-bond donors (Lipinski definition) is 1. The van der Waals surface area contributed by atoms with Crippen LogP contribution in [-0.4, -0.2) is 42.8 Å². The summed E-state index contributed by atoms with van der Waals surface area (Å²) in [6.45, 7) is 1.43. The highest BCUT2D eigenvalue weighted by molar-refractivity contribution is 7.15. The van der Waals surface area contributed by atoms with Gasteiger partial charge in [0.2, 0.25) is 5.91 Å². The first-order valence-corrected chi connectivity index (χ1v) is 10.4. The molecule has 30 heavy (non-hydrogen) atoms. The topological polar surface area (TPSA) is 93.0 Å². The van der Waals surface area contributed by atoms with Gasteiger partial charge in [0.25, 0.3) is 5.91 Å². The van der Waals surface area contributed by atoms with Crippen LogP contribution in [0.1, 0.15) is 21.1 Å². The molecule has 4 heterocycles. The average molecular weight is 418 g/mol. The first-order chi connectivity index (χ1) is 14.7. The van der Waals surface area contributed by atoms with Crippen LogP contribution in [0.25, 0.3) is 10.9 Å². The van der Waals surface area contributed by atoms with E-state index in [4.69, 9.17) is 0 Å². The molecule has 5 rings (SSSR count). The number of rotatable bonds is 4. The third-order valence-electron chi connectivity index (χ3n) is 5.09. The van der Waals surface area contributed by atoms with E-state index in [0.717, 1.165) is 21.5 Å². The molecule has 150 valence electrons. The Bertz CT molecular complexity index is 1230. The number of benzene rings is 1. The number of para-hydroxylation sites is 1. The molecular formula is C21H18N6O2S. The zero-order chi connectivity index (χ0) is 20.5. The van der Waals surface area contributed by atoms with E-state index >= 15 is 0 Å². The fourth-order valence-electron chi connectivity index (χ4n) is 3.56. The average Bonchev–Trinajstić information content (AvgIpc) is 3.37. The van der Waals surface area contributed by atoms with Crippen molar-refractivity contribution in [3.05, 3.63) is 71.4 Å². The highest BCUT2D eigenvalue weighted by Gasteiger charge is 2.25. The Balaban J connectivity index is 1.27. The van der Waals surface area contributed by atoms with E-state index in [9.17, 15) is 9.59 Å². The van der Waals surface area contributed by atoms with E-state index in [2.05, 4.69) is 20.3 Å². The minimum absolute atomic E-state index is 0.0700. The van der Waals surface area contributed by atoms with Crippen molar-refractivity contribution in [1.82, 2.24) is 24.4 Å². The highest BCUT2D eigenvalue weighted by Crippen LogP contribution is 2.29. The third kappa shape index (κ3) is 3.55. The van der Waals surface area contributed by atoms with Crippen LogP contribution >= 0.6 is 11.3 Å². The standard InChI is InChI=1S/C21H18N6O2S/c28-19(13-26-9-5-14-3-1-2-4-17(14)26)27-10-6-15-18(12-27)30-21(24-15)25-20(29)16-11-22-7-8-23-16/h1-5,7-9,11H,6,10,12-13H2,(H,24,25,29). The Hall–Kier alpha value is -3.59. The summed E-state index contributed by atoms with van der Waals surface area (Å²) in [5, 5.41) is 4.41. The summed E-state index contributed by atoms with van der Waals surface area (Å²) in [6.07, 6.45) is 7.02. The molecule has 0 unspecified atom stereocenters. The summed E-state index contributed by atoms with van der Waals surface area (Å²) in [4.78, 5) is 40.4. The number of fused-ring (bicyclic) bond motifs is 2. The van der Waals surface area contributed by atoms with Gasteiger partial charge >= 0.3 is 0 Å². The van der Waals surface area contributed by atoms with Crippen molar-refractivity contribution >= 4 is 39.2 Å². The predicted molar refractivity (Wildman–Crippen MR) is 113 cm³/mol. The Kier molecular flexibility index (Phi) is 4.72. The summed E-state index contributed by atoms with van der Waals surface area (Å²) >= 11 is 1.40. The maximum absolute atomic E-state index is 12.9. The Morgan fingerprint density at radius 1 is 1.17 bits per heavy atom. The maximum Gasteiger partial charge on any atom is 0.277 e. The summed E-state index contributed by atoms with van der Waals surface area (Å²) in [5.41, 5.74) is 2.22. The smallest absolute Gasteiger partial charge is 0.277 e. The number of anilines is 1. The van der Waals surface area contributed by atoms with Gasteiger partial charge < -0.3 is 9.47 Å². The van der Waals surface area contributed by atoms with E-state index in [0.29, 0.717) is 31.2 Å². The molecule has 0 saturated carbocycles. The number of amides is 2. The van der Waals surface area contributed by atoms with E-state index in [1.165, 1.54) is 29.9 Å². The van der Waals surface area contributed by atoms with Gasteiger partial charge in [0.15, 0.2) is 5.13 Å². The third-order valence-corrected chi connectivity index (χ3v) is 6.08. The van der Waals surface area contributed by atoms with Crippen molar-refractivity contribution in [2.75, 3.05) is 11.9 Å². The fraction of sp³-hybridized carbons (Fsp3) is 0.190. The van der Waals surface area contributed by atoms with Gasteiger partial charge in [-0.2, -0.15) is 0 Å². The molecule has 1 aliphatic heterocycles. The molecule has 3 aromatic heterocycles. The van der Waals surface area contributed by atoms with E-state index in [-0.39, 0.29) is 17.5 Å². The van der Waals surface area contributed by atoms with Crippen molar-refractivity contribution < 1.29 is 9.59 Å². The van der Waals surface area contributed by atoms with E-state index in [1.54, 1.807) is 0 Å². The molecule has 9 heteroatoms. The molecule has 0 aliphatic carbocycles. The predicted octanol–water partition coefficient (Wildman–Crippen LogP) is 2.73. The summed E-state index contributed by atoms with van der Waals surface area (Å²) in [6, 6.07) is 10.0. The summed E-state index contributed by atoms with van der Waals surface area (Å²) in [5.74, 6) is -0.276. The van der Waals surface area contributed by atoms with Gasteiger partial charge in [-0.15, -0.1) is 0 Å². The van der Waals surface area contributed by atoms with Crippen molar-refractivity contribution in [3.63, 3.8) is 0 Å². The largest absolute Gasteiger partial charge is 0.338 e. The Labute approximate surface area is 176 Å². The number of hydrogen-bond acceptors (Lipinski definition) is 6. The lowest BCUT2D eigenvalue weighted by Crippen LogP contribution is -2.37. The molecule has 8 nitrogen and oxygen atoms in total. The van der Waals surface area contributed by atoms with Gasteiger partial charge in [0, 0.05) is 41.9 Å². The lowest BCUT2D eigenvalue weighted by atomic mass is 10.2. The van der Waals surface area contributed by atoms with Crippen LogP contribution in [0.3, 0.4) is 0 Å². The second-order valence-electron chi connectivity index (χ2n) is 7.00. The van der Waals surface area contributed by atoms with Gasteiger partial charge in [-0.05, 0) is 17.5 Å². The number of carbonyl (C=O) groups excluding carboxylic acids is 2. The lowest BCUT2D eigenvalue weighted by molar-refractivity contribution is -0.132. The van der Waals surface area contributed by atoms with Crippen LogP contribution < -0.4 is 5.32 Å². The monoisotopic (exact) mass is 418 g/mol. The number of nitrogens with one attached hydrogen (secondary N) is 1. The second kappa shape index (κ2) is 7.68. The Morgan fingerprint density at radius 2 is 2.07 bits per heavy atom. The van der Waals surface area contributed by atoms with Crippen LogP contribution in [0.5, 0.6) is 0 Å². The molecule has 0 atom stereocenters. The molecule has 0 bridgehead atoms. The molecule has 1 N–H and O–H groups in total. The lowest BCUT2D eigenvalue weighted by Gasteiger charge is -2.26. The zero-order valence-electron chi connectivity index (χ0n) is 16.0. The number of aromatic nitrogens is 4. The summed E-state index contributed by atoms with van der Waals surface area (Å²) in [7, 11) is 0. The summed E-state index contributed by atoms with van der Waals surface area (Å²) < 4.78 is 1.98. The SMILES string of the molecule is O=C(Nc1nc2c(s1)CN(C(=O)Cn1ccc3ccccc31)CC2)c1cnccn1. The number of carbonyl (C=O) groups is 2. The molecule has 1 aliphatic rings. The highest BCUT2D eigenvalue weighted by atomic mass is 32.1. The number of thiazole rings is 1. The van der Waals surface area contributed by atoms with Crippen LogP contribution in [-0.2, 0) is 24.3 Å². The van der Waals surface area contributed by atoms with Gasteiger partial charge in [-0.3, -0.25) is 19.9 Å². The molecule has 1 aromatic carbocycles. The van der Waals surface area contributed by atoms with Gasteiger partial charge in [0.05, 0.1) is 18.4 Å². The van der Waals surface area contributed by atoms with E-state index < -0.39 is 0 Å². The van der Waals surface area contributed by atoms with Crippen molar-refractivity contribution in [2.45, 2.75) is 19.5 Å². The number of nitrogens with zero attached hydrogens (tertiary/aromatic N) is 5. The van der Waals surface area contributed by atoms with Crippen LogP contribution in [0.2, 0.25) is 0 Å². The van der Waals surface area contributed by atoms with Gasteiger partial charge in [-0.1, -0.05) is 29.5 Å². The first kappa shape index (κ1) is 18.4. The fourth-order valence-corrected chi connectivity index (χ4v) is 4.58. The second-order valence-corrected chi connectivity index (χ2v) is 8.09.